The Labute approximate surface area is 196 Å². The summed E-state index contributed by atoms with van der Waals surface area (Å²) in [5.74, 6) is -0.835. The van der Waals surface area contributed by atoms with Crippen molar-refractivity contribution in [1.82, 2.24) is 0 Å². The number of benzene rings is 2. The Balaban J connectivity index is 2.10. The van der Waals surface area contributed by atoms with E-state index < -0.39 is 38.7 Å². The van der Waals surface area contributed by atoms with Gasteiger partial charge in [0.15, 0.2) is 0 Å². The molecule has 0 amide bonds. The summed E-state index contributed by atoms with van der Waals surface area (Å²) in [6.07, 6.45) is -2.11. The molecular formula is C24H26F3NO5S. The zero-order chi connectivity index (χ0) is 25.1. The quantitative estimate of drug-likeness (QED) is 0.504. The molecule has 1 heterocycles. The molecule has 0 aliphatic carbocycles. The molecule has 6 nitrogen and oxygen atoms in total. The molecule has 0 saturated heterocycles. The minimum Gasteiger partial charge on any atom is -0.486 e. The molecular weight excluding hydrogens is 471 g/mol. The van der Waals surface area contributed by atoms with Crippen LogP contribution in [0.5, 0.6) is 5.75 Å². The van der Waals surface area contributed by atoms with Crippen LogP contribution in [-0.4, -0.2) is 32.1 Å². The van der Waals surface area contributed by atoms with Crippen molar-refractivity contribution in [2.24, 2.45) is 0 Å². The molecule has 1 aliphatic rings. The lowest BCUT2D eigenvalue weighted by molar-refractivity contribution is -0.138. The van der Waals surface area contributed by atoms with Crippen LogP contribution in [0.2, 0.25) is 0 Å². The summed E-state index contributed by atoms with van der Waals surface area (Å²) in [6, 6.07) is 8.56. The number of anilines is 1. The average Bonchev–Trinajstić information content (AvgIpc) is 2.80. The van der Waals surface area contributed by atoms with Crippen molar-refractivity contribution in [3.8, 4) is 5.75 Å². The third kappa shape index (κ3) is 5.72. The van der Waals surface area contributed by atoms with Crippen LogP contribution in [0.1, 0.15) is 50.7 Å². The van der Waals surface area contributed by atoms with Gasteiger partial charge in [0, 0.05) is 6.42 Å². The van der Waals surface area contributed by atoms with Gasteiger partial charge in [-0.05, 0) is 55.2 Å². The van der Waals surface area contributed by atoms with E-state index in [-0.39, 0.29) is 30.8 Å². The summed E-state index contributed by atoms with van der Waals surface area (Å²) in [5, 5.41) is 9.02. The normalized spacial score (nSPS) is 15.9. The number of halogens is 3. The van der Waals surface area contributed by atoms with Gasteiger partial charge in [0.2, 0.25) is 0 Å². The molecule has 3 rings (SSSR count). The molecule has 0 saturated carbocycles. The summed E-state index contributed by atoms with van der Waals surface area (Å²) in [5.41, 5.74) is 0.999. The van der Waals surface area contributed by atoms with E-state index in [1.807, 2.05) is 19.9 Å². The van der Waals surface area contributed by atoms with Crippen LogP contribution in [0.25, 0.3) is 6.08 Å². The van der Waals surface area contributed by atoms with E-state index in [4.69, 9.17) is 9.84 Å². The monoisotopic (exact) mass is 497 g/mol. The molecule has 10 heteroatoms. The molecule has 34 heavy (non-hydrogen) atoms. The topological polar surface area (TPSA) is 83.9 Å². The summed E-state index contributed by atoms with van der Waals surface area (Å²) < 4.78 is 73.6. The van der Waals surface area contributed by atoms with Gasteiger partial charge in [-0.25, -0.2) is 8.42 Å². The summed E-state index contributed by atoms with van der Waals surface area (Å²) >= 11 is 0. The highest BCUT2D eigenvalue weighted by Gasteiger charge is 2.37. The molecule has 0 aromatic heterocycles. The minimum atomic E-state index is -4.70. The molecule has 2 aromatic rings. The first-order chi connectivity index (χ1) is 16.0. The number of carboxylic acid groups (broad SMARTS) is 1. The van der Waals surface area contributed by atoms with Gasteiger partial charge in [-0.2, -0.15) is 13.2 Å². The lowest BCUT2D eigenvalue weighted by atomic mass is 10.0. The number of fused-ring (bicyclic) bond motifs is 1. The highest BCUT2D eigenvalue weighted by Crippen LogP contribution is 2.40. The molecule has 0 bridgehead atoms. The summed E-state index contributed by atoms with van der Waals surface area (Å²) in [6.45, 7) is 3.79. The van der Waals surface area contributed by atoms with Crippen molar-refractivity contribution >= 4 is 27.8 Å². The molecule has 0 fully saturated rings. The van der Waals surface area contributed by atoms with Gasteiger partial charge >= 0.3 is 12.1 Å². The van der Waals surface area contributed by atoms with Gasteiger partial charge in [0.1, 0.15) is 11.9 Å². The van der Waals surface area contributed by atoms with E-state index in [0.717, 1.165) is 46.5 Å². The van der Waals surface area contributed by atoms with Gasteiger partial charge in [0.05, 0.1) is 22.7 Å². The van der Waals surface area contributed by atoms with E-state index in [9.17, 15) is 26.4 Å². The standard InChI is InChI=1S/C24H26F3NO5S/c1-3-16(4-2)12-17-8-10-22-21(13-17)28(15-19(33-22)9-11-23(29)30)34(31,32)20-7-5-6-18(14-20)24(25,26)27/h5-8,10,12-14,19H,3-4,9,11,15H2,1-2H3,(H,29,30). The number of carboxylic acids is 1. The first kappa shape index (κ1) is 25.6. The van der Waals surface area contributed by atoms with Crippen molar-refractivity contribution in [3.63, 3.8) is 0 Å². The zero-order valence-electron chi connectivity index (χ0n) is 18.8. The predicted octanol–water partition coefficient (Wildman–Crippen LogP) is 5.73. The SMILES string of the molecule is CCC(=Cc1ccc2c(c1)N(S(=O)(=O)c1cccc(C(F)(F)F)c1)CC(CCC(=O)O)O2)CC. The van der Waals surface area contributed by atoms with Crippen LogP contribution >= 0.6 is 0 Å². The second kappa shape index (κ2) is 10.1. The number of nitrogens with zero attached hydrogens (tertiary/aromatic N) is 1. The van der Waals surface area contributed by atoms with Gasteiger partial charge in [-0.3, -0.25) is 9.10 Å². The molecule has 1 unspecified atom stereocenters. The number of ether oxygens (including phenoxy) is 1. The maximum Gasteiger partial charge on any atom is 0.416 e. The third-order valence-corrected chi connectivity index (χ3v) is 7.40. The minimum absolute atomic E-state index is 0.0425. The lowest BCUT2D eigenvalue weighted by Crippen LogP contribution is -2.43. The van der Waals surface area contributed by atoms with E-state index >= 15 is 0 Å². The number of alkyl halides is 3. The number of allylic oxidation sites excluding steroid dienone is 1. The van der Waals surface area contributed by atoms with E-state index in [1.54, 1.807) is 18.2 Å². The number of aliphatic carboxylic acids is 1. The number of sulfonamides is 1. The average molecular weight is 498 g/mol. The molecule has 1 N–H and O–H groups in total. The fourth-order valence-electron chi connectivity index (χ4n) is 3.73. The van der Waals surface area contributed by atoms with Crippen molar-refractivity contribution in [1.29, 1.82) is 0 Å². The third-order valence-electron chi connectivity index (χ3n) is 5.62. The van der Waals surface area contributed by atoms with Crippen LogP contribution in [0.3, 0.4) is 0 Å². The molecule has 0 spiro atoms. The van der Waals surface area contributed by atoms with E-state index in [2.05, 4.69) is 0 Å². The van der Waals surface area contributed by atoms with Gasteiger partial charge in [0.25, 0.3) is 10.0 Å². The zero-order valence-corrected chi connectivity index (χ0v) is 19.6. The first-order valence-corrected chi connectivity index (χ1v) is 12.3. The second-order valence-corrected chi connectivity index (χ2v) is 9.83. The van der Waals surface area contributed by atoms with Crippen molar-refractivity contribution in [2.45, 2.75) is 56.7 Å². The highest BCUT2D eigenvalue weighted by molar-refractivity contribution is 7.92. The second-order valence-electron chi connectivity index (χ2n) is 7.97. The van der Waals surface area contributed by atoms with Crippen LogP contribution in [-0.2, 0) is 21.0 Å². The van der Waals surface area contributed by atoms with Gasteiger partial charge < -0.3 is 9.84 Å². The smallest absolute Gasteiger partial charge is 0.416 e. The van der Waals surface area contributed by atoms with Crippen molar-refractivity contribution < 1.29 is 36.2 Å². The Morgan fingerprint density at radius 3 is 2.50 bits per heavy atom. The van der Waals surface area contributed by atoms with Crippen LogP contribution in [0.15, 0.2) is 52.9 Å². The predicted molar refractivity (Wildman–Crippen MR) is 122 cm³/mol. The van der Waals surface area contributed by atoms with Crippen molar-refractivity contribution in [3.05, 3.63) is 59.2 Å². The van der Waals surface area contributed by atoms with Gasteiger partial charge in [-0.15, -0.1) is 0 Å². The van der Waals surface area contributed by atoms with Crippen LogP contribution < -0.4 is 9.04 Å². The summed E-state index contributed by atoms with van der Waals surface area (Å²) in [7, 11) is -4.40. The van der Waals surface area contributed by atoms with Crippen LogP contribution in [0.4, 0.5) is 18.9 Å². The molecule has 0 radical (unpaired) electrons. The van der Waals surface area contributed by atoms with Crippen LogP contribution in [0, 0.1) is 0 Å². The number of rotatable bonds is 8. The highest BCUT2D eigenvalue weighted by atomic mass is 32.2. The number of hydrogen-bond acceptors (Lipinski definition) is 4. The Morgan fingerprint density at radius 2 is 1.88 bits per heavy atom. The maximum atomic E-state index is 13.5. The Morgan fingerprint density at radius 1 is 1.18 bits per heavy atom. The number of carbonyl (C=O) groups is 1. The Bertz CT molecular complexity index is 1190. The van der Waals surface area contributed by atoms with Crippen molar-refractivity contribution in [2.75, 3.05) is 10.8 Å². The first-order valence-electron chi connectivity index (χ1n) is 10.9. The van der Waals surface area contributed by atoms with E-state index in [1.165, 1.54) is 0 Å². The lowest BCUT2D eigenvalue weighted by Gasteiger charge is -2.35. The van der Waals surface area contributed by atoms with Gasteiger partial charge in [-0.1, -0.05) is 37.6 Å². The van der Waals surface area contributed by atoms with E-state index in [0.29, 0.717) is 6.07 Å². The maximum absolute atomic E-state index is 13.5. The largest absolute Gasteiger partial charge is 0.486 e. The molecule has 1 atom stereocenters. The molecule has 184 valence electrons. The Hall–Kier alpha value is -3.01. The molecule has 1 aliphatic heterocycles. The Kier molecular flexibility index (Phi) is 7.60. The fourth-order valence-corrected chi connectivity index (χ4v) is 5.28. The summed E-state index contributed by atoms with van der Waals surface area (Å²) in [4.78, 5) is 10.5. The molecule has 2 aromatic carbocycles. The fraction of sp³-hybridized carbons (Fsp3) is 0.375. The number of hydrogen-bond donors (Lipinski definition) is 1.